The van der Waals surface area contributed by atoms with Crippen molar-refractivity contribution in [2.45, 2.75) is 32.5 Å². The lowest BCUT2D eigenvalue weighted by molar-refractivity contribution is 0.100. The number of primary amides is 1. The molecule has 0 spiro atoms. The van der Waals surface area contributed by atoms with E-state index < -0.39 is 12.0 Å². The Bertz CT molecular complexity index is 1450. The minimum atomic E-state index is -0.611. The van der Waals surface area contributed by atoms with E-state index in [1.807, 2.05) is 11.0 Å². The highest BCUT2D eigenvalue weighted by atomic mass is 16.3. The second-order valence-electron chi connectivity index (χ2n) is 9.01. The van der Waals surface area contributed by atoms with Crippen molar-refractivity contribution in [1.29, 1.82) is 5.26 Å². The van der Waals surface area contributed by atoms with Crippen LogP contribution in [-0.4, -0.2) is 70.6 Å². The van der Waals surface area contributed by atoms with Crippen LogP contribution in [0.4, 0.5) is 11.6 Å². The summed E-state index contributed by atoms with van der Waals surface area (Å²) in [7, 11) is 0. The van der Waals surface area contributed by atoms with Gasteiger partial charge >= 0.3 is 0 Å². The first-order chi connectivity index (χ1) is 17.3. The van der Waals surface area contributed by atoms with Crippen LogP contribution < -0.4 is 16.0 Å². The van der Waals surface area contributed by atoms with Crippen molar-refractivity contribution in [2.24, 2.45) is 11.7 Å². The van der Waals surface area contributed by atoms with Gasteiger partial charge in [0.05, 0.1) is 66.1 Å². The summed E-state index contributed by atoms with van der Waals surface area (Å²) < 4.78 is 3.24. The van der Waals surface area contributed by atoms with Gasteiger partial charge in [-0.25, -0.2) is 19.5 Å². The maximum absolute atomic E-state index is 12.3. The van der Waals surface area contributed by atoms with Gasteiger partial charge in [-0.05, 0) is 12.8 Å². The van der Waals surface area contributed by atoms with Gasteiger partial charge in [0.1, 0.15) is 6.07 Å². The van der Waals surface area contributed by atoms with Crippen molar-refractivity contribution in [3.05, 3.63) is 48.3 Å². The minimum Gasteiger partial charge on any atom is -0.391 e. The molecule has 0 aliphatic carbocycles. The molecule has 0 saturated carbocycles. The van der Waals surface area contributed by atoms with Crippen molar-refractivity contribution in [3.63, 3.8) is 0 Å². The van der Waals surface area contributed by atoms with Gasteiger partial charge in [-0.2, -0.15) is 15.5 Å². The first-order valence-corrected chi connectivity index (χ1v) is 11.4. The summed E-state index contributed by atoms with van der Waals surface area (Å²) in [5, 5.41) is 30.7. The molecule has 4 N–H and O–H groups in total. The molecule has 4 aromatic rings. The van der Waals surface area contributed by atoms with Gasteiger partial charge in [-0.15, -0.1) is 0 Å². The van der Waals surface area contributed by atoms with E-state index in [-0.39, 0.29) is 17.5 Å². The third kappa shape index (κ3) is 4.41. The smallest absolute Gasteiger partial charge is 0.252 e. The maximum Gasteiger partial charge on any atom is 0.252 e. The van der Waals surface area contributed by atoms with E-state index in [1.165, 1.54) is 18.6 Å². The number of amides is 1. The Morgan fingerprint density at radius 2 is 2.03 bits per heavy atom. The number of nitrogens with one attached hydrogen (secondary N) is 1. The number of hydrogen-bond donors (Lipinski definition) is 3. The molecule has 0 radical (unpaired) electrons. The number of rotatable bonds is 7. The number of nitriles is 1. The van der Waals surface area contributed by atoms with E-state index in [1.54, 1.807) is 34.7 Å². The zero-order valence-electron chi connectivity index (χ0n) is 19.8. The molecule has 5 rings (SSSR count). The molecule has 1 saturated heterocycles. The molecular weight excluding hydrogens is 462 g/mol. The number of carbonyl (C=O) groups is 1. The molecule has 36 heavy (non-hydrogen) atoms. The first kappa shape index (κ1) is 23.2. The standard InChI is InChI=1S/C23H25N11O2/c1-13-8-32(23-26-4-15(3-24)5-27-23)11-18(13)30-20-17(21(25)36)7-29-34-12-19(31-22(20)34)16-6-28-33(10-16)9-14(2)35/h4-7,10,12-14,18,30,35H,8-9,11H2,1-2H3,(H2,25,36)/t13-,14+,18+/m1/s1. The third-order valence-corrected chi connectivity index (χ3v) is 6.13. The van der Waals surface area contributed by atoms with E-state index in [4.69, 9.17) is 16.0 Å². The number of nitrogens with two attached hydrogens (primary N) is 1. The number of aliphatic hydroxyl groups is 1. The number of nitrogens with zero attached hydrogens (tertiary/aromatic N) is 9. The summed E-state index contributed by atoms with van der Waals surface area (Å²) in [6.07, 6.45) is 9.12. The highest BCUT2D eigenvalue weighted by Gasteiger charge is 2.32. The Morgan fingerprint density at radius 1 is 1.25 bits per heavy atom. The molecule has 0 bridgehead atoms. The van der Waals surface area contributed by atoms with Gasteiger partial charge in [0.15, 0.2) is 5.65 Å². The van der Waals surface area contributed by atoms with Gasteiger partial charge in [0, 0.05) is 30.9 Å². The van der Waals surface area contributed by atoms with Crippen LogP contribution in [0.25, 0.3) is 16.9 Å². The first-order valence-electron chi connectivity index (χ1n) is 11.4. The molecule has 13 heteroatoms. The average molecular weight is 488 g/mol. The normalized spacial score (nSPS) is 18.3. The van der Waals surface area contributed by atoms with Crippen molar-refractivity contribution in [2.75, 3.05) is 23.3 Å². The summed E-state index contributed by atoms with van der Waals surface area (Å²) >= 11 is 0. The van der Waals surface area contributed by atoms with E-state index in [0.29, 0.717) is 48.2 Å². The van der Waals surface area contributed by atoms with Crippen LogP contribution in [0.5, 0.6) is 0 Å². The van der Waals surface area contributed by atoms with Gasteiger partial charge in [-0.1, -0.05) is 6.92 Å². The minimum absolute atomic E-state index is 0.0533. The fourth-order valence-corrected chi connectivity index (χ4v) is 4.31. The van der Waals surface area contributed by atoms with Crippen LogP contribution in [0.2, 0.25) is 0 Å². The van der Waals surface area contributed by atoms with Gasteiger partial charge in [-0.3, -0.25) is 9.48 Å². The molecular formula is C23H25N11O2. The highest BCUT2D eigenvalue weighted by Crippen LogP contribution is 2.29. The lowest BCUT2D eigenvalue weighted by Gasteiger charge is -2.20. The summed E-state index contributed by atoms with van der Waals surface area (Å²) in [5.41, 5.74) is 8.66. The molecule has 1 fully saturated rings. The fourth-order valence-electron chi connectivity index (χ4n) is 4.31. The third-order valence-electron chi connectivity index (χ3n) is 6.13. The Balaban J connectivity index is 1.45. The number of anilines is 2. The summed E-state index contributed by atoms with van der Waals surface area (Å²) in [4.78, 5) is 27.6. The Kier molecular flexibility index (Phi) is 5.95. The molecule has 4 aromatic heterocycles. The van der Waals surface area contributed by atoms with Crippen molar-refractivity contribution < 1.29 is 9.90 Å². The largest absolute Gasteiger partial charge is 0.391 e. The molecule has 0 unspecified atom stereocenters. The van der Waals surface area contributed by atoms with Crippen molar-refractivity contribution in [1.82, 2.24) is 34.3 Å². The van der Waals surface area contributed by atoms with Crippen LogP contribution >= 0.6 is 0 Å². The summed E-state index contributed by atoms with van der Waals surface area (Å²) in [5.74, 6) is 0.114. The Hall–Kier alpha value is -4.57. The fraction of sp³-hybridized carbons (Fsp3) is 0.348. The molecule has 3 atom stereocenters. The molecule has 5 heterocycles. The predicted octanol–water partition coefficient (Wildman–Crippen LogP) is 0.671. The van der Waals surface area contributed by atoms with Gasteiger partial charge in [0.25, 0.3) is 5.91 Å². The van der Waals surface area contributed by atoms with Crippen LogP contribution in [0.15, 0.2) is 37.2 Å². The zero-order chi connectivity index (χ0) is 25.4. The van der Waals surface area contributed by atoms with E-state index in [9.17, 15) is 9.90 Å². The number of hydrogen-bond acceptors (Lipinski definition) is 10. The molecule has 1 amide bonds. The number of fused-ring (bicyclic) bond motifs is 1. The Labute approximate surface area is 206 Å². The van der Waals surface area contributed by atoms with Crippen molar-refractivity contribution >= 4 is 23.2 Å². The number of carbonyl (C=O) groups excluding carboxylic acids is 1. The van der Waals surface area contributed by atoms with Gasteiger partial charge in [0.2, 0.25) is 5.95 Å². The van der Waals surface area contributed by atoms with Crippen LogP contribution in [0.1, 0.15) is 29.8 Å². The average Bonchev–Trinajstić information content (AvgIpc) is 3.57. The SMILES string of the molecule is C[C@H](O)Cn1cc(-c2cn3ncc(C(N)=O)c(N[C@H]4CN(c5ncc(C#N)cn5)C[C@H]4C)c3n2)cn1. The molecule has 13 nitrogen and oxygen atoms in total. The molecule has 1 aliphatic rings. The highest BCUT2D eigenvalue weighted by molar-refractivity contribution is 6.01. The quantitative estimate of drug-likeness (QED) is 0.336. The van der Waals surface area contributed by atoms with Crippen LogP contribution in [-0.2, 0) is 6.54 Å². The number of imidazole rings is 1. The van der Waals surface area contributed by atoms with Gasteiger partial charge < -0.3 is 21.1 Å². The summed E-state index contributed by atoms with van der Waals surface area (Å²) in [6, 6.07) is 1.97. The van der Waals surface area contributed by atoms with Crippen LogP contribution in [0.3, 0.4) is 0 Å². The number of aliphatic hydroxyl groups excluding tert-OH is 1. The molecule has 1 aliphatic heterocycles. The van der Waals surface area contributed by atoms with Crippen molar-refractivity contribution in [3.8, 4) is 17.3 Å². The lowest BCUT2D eigenvalue weighted by Crippen LogP contribution is -2.30. The topological polar surface area (TPSA) is 176 Å². The van der Waals surface area contributed by atoms with E-state index in [2.05, 4.69) is 32.4 Å². The second kappa shape index (κ2) is 9.23. The second-order valence-corrected chi connectivity index (χ2v) is 9.01. The number of aromatic nitrogens is 7. The molecule has 184 valence electrons. The molecule has 0 aromatic carbocycles. The monoisotopic (exact) mass is 487 g/mol. The predicted molar refractivity (Wildman–Crippen MR) is 130 cm³/mol. The zero-order valence-corrected chi connectivity index (χ0v) is 19.8. The van der Waals surface area contributed by atoms with E-state index >= 15 is 0 Å². The maximum atomic E-state index is 12.3. The van der Waals surface area contributed by atoms with Crippen LogP contribution in [0, 0.1) is 17.2 Å². The van der Waals surface area contributed by atoms with E-state index in [0.717, 1.165) is 5.56 Å². The lowest BCUT2D eigenvalue weighted by atomic mass is 10.1. The summed E-state index contributed by atoms with van der Waals surface area (Å²) in [6.45, 7) is 5.43. The Morgan fingerprint density at radius 3 is 2.72 bits per heavy atom.